The molecule has 0 saturated carbocycles. The molecule has 5 nitrogen and oxygen atoms in total. The van der Waals surface area contributed by atoms with Gasteiger partial charge in [-0.2, -0.15) is 0 Å². The molecule has 3 aromatic heterocycles. The highest BCUT2D eigenvalue weighted by Gasteiger charge is 2.29. The molecular formula is C20H16N4O. The number of benzene rings is 1. The second-order valence-corrected chi connectivity index (χ2v) is 6.37. The van der Waals surface area contributed by atoms with Crippen molar-refractivity contribution in [2.24, 2.45) is 0 Å². The van der Waals surface area contributed by atoms with Crippen molar-refractivity contribution in [3.8, 4) is 0 Å². The quantitative estimate of drug-likeness (QED) is 0.584. The number of hydrogen-bond acceptors (Lipinski definition) is 3. The molecule has 5 rings (SSSR count). The van der Waals surface area contributed by atoms with Crippen molar-refractivity contribution in [1.29, 1.82) is 0 Å². The highest BCUT2D eigenvalue weighted by molar-refractivity contribution is 5.81. The second kappa shape index (κ2) is 5.41. The molecule has 5 heteroatoms. The SMILES string of the molecule is O=C1CC(c2cnc3ccccc3c2)c2c(nc3ccccn23)CN1. The summed E-state index contributed by atoms with van der Waals surface area (Å²) in [5, 5.41) is 4.05. The minimum Gasteiger partial charge on any atom is -0.350 e. The van der Waals surface area contributed by atoms with Crippen molar-refractivity contribution >= 4 is 22.5 Å². The number of para-hydroxylation sites is 1. The van der Waals surface area contributed by atoms with E-state index in [1.165, 1.54) is 0 Å². The van der Waals surface area contributed by atoms with Gasteiger partial charge in [0.25, 0.3) is 0 Å². The Balaban J connectivity index is 1.74. The summed E-state index contributed by atoms with van der Waals surface area (Å²) in [4.78, 5) is 21.6. The number of nitrogens with one attached hydrogen (secondary N) is 1. The molecule has 0 fully saturated rings. The Hall–Kier alpha value is -3.21. The van der Waals surface area contributed by atoms with Crippen LogP contribution in [0.3, 0.4) is 0 Å². The molecule has 1 aliphatic rings. The zero-order valence-electron chi connectivity index (χ0n) is 13.5. The lowest BCUT2D eigenvalue weighted by atomic mass is 9.92. The molecule has 0 radical (unpaired) electrons. The number of imidazole rings is 1. The number of pyridine rings is 2. The number of nitrogens with zero attached hydrogens (tertiary/aromatic N) is 3. The van der Waals surface area contributed by atoms with Crippen LogP contribution < -0.4 is 5.32 Å². The summed E-state index contributed by atoms with van der Waals surface area (Å²) in [6.07, 6.45) is 4.30. The minimum absolute atomic E-state index is 0.0424. The topological polar surface area (TPSA) is 59.3 Å². The third kappa shape index (κ3) is 2.28. The summed E-state index contributed by atoms with van der Waals surface area (Å²) in [5.41, 5.74) is 4.91. The number of carbonyl (C=O) groups excluding carboxylic acids is 1. The lowest BCUT2D eigenvalue weighted by Crippen LogP contribution is -2.21. The molecule has 1 atom stereocenters. The first-order chi connectivity index (χ1) is 12.3. The van der Waals surface area contributed by atoms with Crippen LogP contribution in [0.2, 0.25) is 0 Å². The standard InChI is InChI=1S/C20H16N4O/c25-19-10-15(14-9-13-5-1-2-6-16(13)21-11-14)20-17(12-22-19)23-18-7-3-4-8-24(18)20/h1-9,11,15H,10,12H2,(H,22,25). The predicted octanol–water partition coefficient (Wildman–Crippen LogP) is 3.03. The summed E-state index contributed by atoms with van der Waals surface area (Å²) in [6.45, 7) is 0.466. The lowest BCUT2D eigenvalue weighted by Gasteiger charge is -2.16. The molecule has 1 aliphatic heterocycles. The van der Waals surface area contributed by atoms with Crippen LogP contribution in [-0.4, -0.2) is 20.3 Å². The van der Waals surface area contributed by atoms with Gasteiger partial charge in [0, 0.05) is 30.1 Å². The van der Waals surface area contributed by atoms with Crippen LogP contribution in [0.25, 0.3) is 16.6 Å². The molecule has 0 aliphatic carbocycles. The first-order valence-electron chi connectivity index (χ1n) is 8.37. The first kappa shape index (κ1) is 14.2. The molecule has 122 valence electrons. The average molecular weight is 328 g/mol. The van der Waals surface area contributed by atoms with Crippen molar-refractivity contribution in [2.45, 2.75) is 18.9 Å². The zero-order chi connectivity index (χ0) is 16.8. The fourth-order valence-corrected chi connectivity index (χ4v) is 3.65. The molecule has 0 saturated heterocycles. The maximum absolute atomic E-state index is 12.3. The van der Waals surface area contributed by atoms with Crippen LogP contribution in [0.1, 0.15) is 29.3 Å². The number of amides is 1. The Kier molecular flexibility index (Phi) is 3.06. The van der Waals surface area contributed by atoms with Crippen LogP contribution in [0.4, 0.5) is 0 Å². The van der Waals surface area contributed by atoms with Gasteiger partial charge in [-0.25, -0.2) is 4.98 Å². The Labute approximate surface area is 144 Å². The Morgan fingerprint density at radius 2 is 2.00 bits per heavy atom. The van der Waals surface area contributed by atoms with Crippen LogP contribution in [-0.2, 0) is 11.3 Å². The molecule has 0 bridgehead atoms. The Bertz CT molecular complexity index is 1120. The van der Waals surface area contributed by atoms with E-state index in [2.05, 4.69) is 26.8 Å². The normalized spacial score (nSPS) is 17.3. The zero-order valence-corrected chi connectivity index (χ0v) is 13.5. The van der Waals surface area contributed by atoms with Gasteiger partial charge < -0.3 is 9.72 Å². The van der Waals surface area contributed by atoms with Gasteiger partial charge >= 0.3 is 0 Å². The number of carbonyl (C=O) groups is 1. The van der Waals surface area contributed by atoms with E-state index in [0.29, 0.717) is 13.0 Å². The van der Waals surface area contributed by atoms with Crippen molar-refractivity contribution < 1.29 is 4.79 Å². The summed E-state index contributed by atoms with van der Waals surface area (Å²) in [5.74, 6) is -0.0205. The number of fused-ring (bicyclic) bond motifs is 4. The van der Waals surface area contributed by atoms with E-state index in [9.17, 15) is 4.79 Å². The van der Waals surface area contributed by atoms with Crippen molar-refractivity contribution in [3.05, 3.63) is 77.9 Å². The monoisotopic (exact) mass is 328 g/mol. The summed E-state index contributed by atoms with van der Waals surface area (Å²) < 4.78 is 2.09. The largest absolute Gasteiger partial charge is 0.350 e. The van der Waals surface area contributed by atoms with Gasteiger partial charge in [0.15, 0.2) is 0 Å². The van der Waals surface area contributed by atoms with E-state index < -0.39 is 0 Å². The molecule has 1 aromatic carbocycles. The molecule has 25 heavy (non-hydrogen) atoms. The van der Waals surface area contributed by atoms with Gasteiger partial charge in [0.1, 0.15) is 5.65 Å². The summed E-state index contributed by atoms with van der Waals surface area (Å²) in [7, 11) is 0. The third-order valence-electron chi connectivity index (χ3n) is 4.83. The Morgan fingerprint density at radius 1 is 1.12 bits per heavy atom. The van der Waals surface area contributed by atoms with Crippen LogP contribution in [0.15, 0.2) is 60.9 Å². The fourth-order valence-electron chi connectivity index (χ4n) is 3.65. The van der Waals surface area contributed by atoms with Crippen LogP contribution in [0, 0.1) is 0 Å². The number of rotatable bonds is 1. The van der Waals surface area contributed by atoms with Crippen LogP contribution in [0.5, 0.6) is 0 Å². The first-order valence-corrected chi connectivity index (χ1v) is 8.37. The van der Waals surface area contributed by atoms with E-state index in [0.717, 1.165) is 33.5 Å². The van der Waals surface area contributed by atoms with Crippen molar-refractivity contribution in [3.63, 3.8) is 0 Å². The average Bonchev–Trinajstić information content (AvgIpc) is 2.94. The van der Waals surface area contributed by atoms with Gasteiger partial charge in [0.05, 0.1) is 23.4 Å². The molecule has 1 unspecified atom stereocenters. The smallest absolute Gasteiger partial charge is 0.221 e. The van der Waals surface area contributed by atoms with Gasteiger partial charge in [-0.3, -0.25) is 9.78 Å². The van der Waals surface area contributed by atoms with E-state index >= 15 is 0 Å². The van der Waals surface area contributed by atoms with Gasteiger partial charge in [-0.1, -0.05) is 24.3 Å². The number of hydrogen-bond donors (Lipinski definition) is 1. The molecule has 1 N–H and O–H groups in total. The van der Waals surface area contributed by atoms with E-state index in [1.807, 2.05) is 48.8 Å². The van der Waals surface area contributed by atoms with Gasteiger partial charge in [0.2, 0.25) is 5.91 Å². The van der Waals surface area contributed by atoms with Crippen LogP contribution >= 0.6 is 0 Å². The molecular weight excluding hydrogens is 312 g/mol. The Morgan fingerprint density at radius 3 is 2.96 bits per heavy atom. The summed E-state index contributed by atoms with van der Waals surface area (Å²) in [6, 6.07) is 16.1. The second-order valence-electron chi connectivity index (χ2n) is 6.37. The molecule has 0 spiro atoms. The minimum atomic E-state index is -0.0630. The van der Waals surface area contributed by atoms with Gasteiger partial charge in [-0.15, -0.1) is 0 Å². The fraction of sp³-hybridized carbons (Fsp3) is 0.150. The maximum atomic E-state index is 12.3. The van der Waals surface area contributed by atoms with Crippen molar-refractivity contribution in [2.75, 3.05) is 0 Å². The highest BCUT2D eigenvalue weighted by atomic mass is 16.1. The predicted molar refractivity (Wildman–Crippen MR) is 95.2 cm³/mol. The highest BCUT2D eigenvalue weighted by Crippen LogP contribution is 2.33. The maximum Gasteiger partial charge on any atom is 0.221 e. The number of aromatic nitrogens is 3. The lowest BCUT2D eigenvalue weighted by molar-refractivity contribution is -0.121. The van der Waals surface area contributed by atoms with Crippen molar-refractivity contribution in [1.82, 2.24) is 19.7 Å². The van der Waals surface area contributed by atoms with E-state index in [1.54, 1.807) is 0 Å². The summed E-state index contributed by atoms with van der Waals surface area (Å²) >= 11 is 0. The molecule has 4 aromatic rings. The third-order valence-corrected chi connectivity index (χ3v) is 4.83. The molecule has 4 heterocycles. The van der Waals surface area contributed by atoms with E-state index in [4.69, 9.17) is 4.98 Å². The molecule has 1 amide bonds. The van der Waals surface area contributed by atoms with Gasteiger partial charge in [-0.05, 0) is 29.8 Å². The van der Waals surface area contributed by atoms with E-state index in [-0.39, 0.29) is 11.8 Å².